The largest absolute Gasteiger partial charge is 0.491 e. The van der Waals surface area contributed by atoms with Crippen molar-refractivity contribution in [3.63, 3.8) is 0 Å². The van der Waals surface area contributed by atoms with Crippen molar-refractivity contribution in [2.75, 3.05) is 32.8 Å². The third-order valence-corrected chi connectivity index (χ3v) is 5.60. The zero-order valence-corrected chi connectivity index (χ0v) is 19.3. The highest BCUT2D eigenvalue weighted by Crippen LogP contribution is 2.24. The molecule has 3 aromatic rings. The quantitative estimate of drug-likeness (QED) is 0.427. The Labute approximate surface area is 190 Å². The Morgan fingerprint density at radius 1 is 0.938 bits per heavy atom. The van der Waals surface area contributed by atoms with Gasteiger partial charge >= 0.3 is 0 Å². The number of aliphatic hydroxyl groups excluding tert-OH is 3. The number of hydrogen-bond donors (Lipinski definition) is 3. The molecule has 6 heteroatoms. The molecular weight excluding hydrogens is 404 g/mol. The third-order valence-electron chi connectivity index (χ3n) is 5.60. The molecule has 0 saturated carbocycles. The fourth-order valence-corrected chi connectivity index (χ4v) is 3.88. The molecule has 0 spiro atoms. The summed E-state index contributed by atoms with van der Waals surface area (Å²) >= 11 is 0. The standard InChI is InChI=1S/C26H36N2O4/c1-26(2,3)21-8-10-24(11-9-21)32-19-23(31)17-27(14-15-29)16-22(30)18-28-13-12-20-6-4-5-7-25(20)28/h4-13,22-23,29-31H,14-19H2,1-3H3. The predicted octanol–water partition coefficient (Wildman–Crippen LogP) is 3.03. The number of rotatable bonds is 11. The van der Waals surface area contributed by atoms with Crippen LogP contribution in [0.25, 0.3) is 10.9 Å². The molecule has 174 valence electrons. The monoisotopic (exact) mass is 440 g/mol. The van der Waals surface area contributed by atoms with Crippen molar-refractivity contribution in [1.29, 1.82) is 0 Å². The van der Waals surface area contributed by atoms with Gasteiger partial charge in [0, 0.05) is 37.9 Å². The van der Waals surface area contributed by atoms with Gasteiger partial charge in [-0.2, -0.15) is 0 Å². The molecule has 3 N–H and O–H groups in total. The van der Waals surface area contributed by atoms with Crippen LogP contribution in [0.3, 0.4) is 0 Å². The first-order valence-corrected chi connectivity index (χ1v) is 11.2. The fraction of sp³-hybridized carbons (Fsp3) is 0.462. The van der Waals surface area contributed by atoms with Crippen LogP contribution in [0.1, 0.15) is 26.3 Å². The summed E-state index contributed by atoms with van der Waals surface area (Å²) in [5.74, 6) is 0.713. The first-order chi connectivity index (χ1) is 15.3. The van der Waals surface area contributed by atoms with E-state index in [0.717, 1.165) is 10.9 Å². The normalized spacial score (nSPS) is 14.1. The lowest BCUT2D eigenvalue weighted by Gasteiger charge is -2.27. The topological polar surface area (TPSA) is 78.1 Å². The van der Waals surface area contributed by atoms with Crippen LogP contribution in [-0.2, 0) is 12.0 Å². The van der Waals surface area contributed by atoms with Gasteiger partial charge in [0.2, 0.25) is 0 Å². The van der Waals surface area contributed by atoms with Crippen molar-refractivity contribution in [3.05, 3.63) is 66.4 Å². The second-order valence-corrected chi connectivity index (χ2v) is 9.40. The minimum absolute atomic E-state index is 0.0407. The summed E-state index contributed by atoms with van der Waals surface area (Å²) in [5.41, 5.74) is 2.38. The minimum Gasteiger partial charge on any atom is -0.491 e. The van der Waals surface area contributed by atoms with Crippen molar-refractivity contribution in [1.82, 2.24) is 9.47 Å². The molecule has 2 aromatic carbocycles. The van der Waals surface area contributed by atoms with E-state index in [1.165, 1.54) is 5.56 Å². The molecule has 0 fully saturated rings. The van der Waals surface area contributed by atoms with E-state index in [1.807, 2.05) is 70.3 Å². The fourth-order valence-electron chi connectivity index (χ4n) is 3.88. The van der Waals surface area contributed by atoms with Gasteiger partial charge in [0.25, 0.3) is 0 Å². The summed E-state index contributed by atoms with van der Waals surface area (Å²) in [6, 6.07) is 18.0. The molecule has 0 aliphatic carbocycles. The van der Waals surface area contributed by atoms with E-state index in [9.17, 15) is 15.3 Å². The van der Waals surface area contributed by atoms with Gasteiger partial charge in [0.05, 0.1) is 12.7 Å². The van der Waals surface area contributed by atoms with Gasteiger partial charge in [0.1, 0.15) is 18.5 Å². The van der Waals surface area contributed by atoms with Crippen molar-refractivity contribution in [2.24, 2.45) is 0 Å². The second-order valence-electron chi connectivity index (χ2n) is 9.40. The molecule has 6 nitrogen and oxygen atoms in total. The number of aromatic nitrogens is 1. The van der Waals surface area contributed by atoms with Crippen molar-refractivity contribution >= 4 is 10.9 Å². The zero-order chi connectivity index (χ0) is 23.1. The molecule has 0 bridgehead atoms. The lowest BCUT2D eigenvalue weighted by molar-refractivity contribution is 0.0351. The highest BCUT2D eigenvalue weighted by Gasteiger charge is 2.18. The molecule has 0 amide bonds. The Morgan fingerprint density at radius 2 is 1.62 bits per heavy atom. The Morgan fingerprint density at radius 3 is 2.31 bits per heavy atom. The summed E-state index contributed by atoms with van der Waals surface area (Å²) in [7, 11) is 0. The first-order valence-electron chi connectivity index (χ1n) is 11.2. The summed E-state index contributed by atoms with van der Waals surface area (Å²) in [6.45, 7) is 8.08. The van der Waals surface area contributed by atoms with Crippen LogP contribution >= 0.6 is 0 Å². The van der Waals surface area contributed by atoms with Crippen molar-refractivity contribution in [3.8, 4) is 5.75 Å². The van der Waals surface area contributed by atoms with Gasteiger partial charge in [-0.25, -0.2) is 0 Å². The molecule has 0 aliphatic heterocycles. The van der Waals surface area contributed by atoms with E-state index in [1.54, 1.807) is 0 Å². The maximum Gasteiger partial charge on any atom is 0.119 e. The van der Waals surface area contributed by atoms with Gasteiger partial charge in [-0.1, -0.05) is 51.1 Å². The Balaban J connectivity index is 1.50. The third kappa shape index (κ3) is 6.81. The van der Waals surface area contributed by atoms with E-state index < -0.39 is 12.2 Å². The lowest BCUT2D eigenvalue weighted by Crippen LogP contribution is -2.42. The summed E-state index contributed by atoms with van der Waals surface area (Å²) in [5, 5.41) is 31.7. The van der Waals surface area contributed by atoms with Crippen LogP contribution < -0.4 is 4.74 Å². The highest BCUT2D eigenvalue weighted by molar-refractivity contribution is 5.79. The summed E-state index contributed by atoms with van der Waals surface area (Å²) in [6.07, 6.45) is 0.608. The van der Waals surface area contributed by atoms with E-state index in [2.05, 4.69) is 20.8 Å². The molecule has 3 rings (SSSR count). The molecule has 2 unspecified atom stereocenters. The summed E-state index contributed by atoms with van der Waals surface area (Å²) < 4.78 is 7.77. The van der Waals surface area contributed by atoms with Gasteiger partial charge < -0.3 is 24.6 Å². The molecule has 2 atom stereocenters. The van der Waals surface area contributed by atoms with E-state index in [4.69, 9.17) is 4.74 Å². The Hall–Kier alpha value is -2.38. The average Bonchev–Trinajstić information content (AvgIpc) is 3.15. The van der Waals surface area contributed by atoms with Crippen LogP contribution in [0, 0.1) is 0 Å². The number of aliphatic hydroxyl groups is 3. The van der Waals surface area contributed by atoms with Crippen molar-refractivity contribution in [2.45, 2.75) is 44.9 Å². The van der Waals surface area contributed by atoms with Crippen LogP contribution in [0.15, 0.2) is 60.8 Å². The van der Waals surface area contributed by atoms with E-state index in [-0.39, 0.29) is 18.6 Å². The van der Waals surface area contributed by atoms with Crippen molar-refractivity contribution < 1.29 is 20.1 Å². The molecule has 0 saturated heterocycles. The predicted molar refractivity (Wildman–Crippen MR) is 128 cm³/mol. The first kappa shape index (κ1) is 24.3. The van der Waals surface area contributed by atoms with E-state index >= 15 is 0 Å². The van der Waals surface area contributed by atoms with Crippen LogP contribution in [0.2, 0.25) is 0 Å². The molecule has 1 heterocycles. The average molecular weight is 441 g/mol. The minimum atomic E-state index is -0.733. The van der Waals surface area contributed by atoms with E-state index in [0.29, 0.717) is 31.9 Å². The van der Waals surface area contributed by atoms with Gasteiger partial charge in [0.15, 0.2) is 0 Å². The van der Waals surface area contributed by atoms with Gasteiger partial charge in [-0.3, -0.25) is 4.90 Å². The number of nitrogens with zero attached hydrogens (tertiary/aromatic N) is 2. The Kier molecular flexibility index (Phi) is 8.32. The van der Waals surface area contributed by atoms with Crippen LogP contribution in [0.4, 0.5) is 0 Å². The Bertz CT molecular complexity index is 962. The number of para-hydroxylation sites is 1. The van der Waals surface area contributed by atoms with Gasteiger partial charge in [-0.15, -0.1) is 0 Å². The molecular formula is C26H36N2O4. The zero-order valence-electron chi connectivity index (χ0n) is 19.3. The maximum absolute atomic E-state index is 10.6. The lowest BCUT2D eigenvalue weighted by atomic mass is 9.87. The number of hydrogen-bond acceptors (Lipinski definition) is 5. The molecule has 0 radical (unpaired) electrons. The highest BCUT2D eigenvalue weighted by atomic mass is 16.5. The molecule has 0 aliphatic rings. The SMILES string of the molecule is CC(C)(C)c1ccc(OCC(O)CN(CCO)CC(O)Cn2ccc3ccccc32)cc1. The molecule has 32 heavy (non-hydrogen) atoms. The summed E-state index contributed by atoms with van der Waals surface area (Å²) in [4.78, 5) is 1.87. The van der Waals surface area contributed by atoms with Crippen LogP contribution in [0.5, 0.6) is 5.75 Å². The number of fused-ring (bicyclic) bond motifs is 1. The van der Waals surface area contributed by atoms with Crippen LogP contribution in [-0.4, -0.2) is 69.8 Å². The smallest absolute Gasteiger partial charge is 0.119 e. The molecule has 1 aromatic heterocycles. The maximum atomic E-state index is 10.6. The number of ether oxygens (including phenoxy) is 1. The number of benzene rings is 2. The second kappa shape index (κ2) is 11.0. The van der Waals surface area contributed by atoms with Gasteiger partial charge in [-0.05, 0) is 40.6 Å².